The van der Waals surface area contributed by atoms with Gasteiger partial charge in [-0.1, -0.05) is 84.9 Å². The quantitative estimate of drug-likeness (QED) is 0.182. The van der Waals surface area contributed by atoms with E-state index in [1.54, 1.807) is 54.6 Å². The lowest BCUT2D eigenvalue weighted by Crippen LogP contribution is -2.02. The molecular formula is C27H21NO6S2. The van der Waals surface area contributed by atoms with Crippen molar-refractivity contribution in [2.75, 3.05) is 0 Å². The largest absolute Gasteiger partial charge is 0.295 e. The molecule has 4 aromatic rings. The fraction of sp³-hybridized carbons (Fsp3) is 0. The molecule has 0 atom stereocenters. The summed E-state index contributed by atoms with van der Waals surface area (Å²) >= 11 is 0. The summed E-state index contributed by atoms with van der Waals surface area (Å²) in [6, 6.07) is 27.2. The maximum atomic E-state index is 11.5. The van der Waals surface area contributed by atoms with E-state index in [0.29, 0.717) is 11.3 Å². The number of nitrogens with zero attached hydrogens (tertiary/aromatic N) is 1. The van der Waals surface area contributed by atoms with Gasteiger partial charge in [-0.25, -0.2) is 0 Å². The highest BCUT2D eigenvalue weighted by Gasteiger charge is 2.13. The van der Waals surface area contributed by atoms with Gasteiger partial charge < -0.3 is 0 Å². The highest BCUT2D eigenvalue weighted by molar-refractivity contribution is 7.86. The first-order valence-corrected chi connectivity index (χ1v) is 13.5. The summed E-state index contributed by atoms with van der Waals surface area (Å²) in [4.78, 5) is 3.95. The average Bonchev–Trinajstić information content (AvgIpc) is 2.86. The second kappa shape index (κ2) is 10.4. The third-order valence-corrected chi connectivity index (χ3v) is 7.17. The van der Waals surface area contributed by atoms with E-state index in [0.717, 1.165) is 16.7 Å². The fourth-order valence-electron chi connectivity index (χ4n) is 3.53. The van der Waals surface area contributed by atoms with Crippen LogP contribution in [0, 0.1) is 0 Å². The first kappa shape index (κ1) is 25.2. The summed E-state index contributed by atoms with van der Waals surface area (Å²) < 4.78 is 64.8. The van der Waals surface area contributed by atoms with Crippen LogP contribution in [-0.4, -0.2) is 32.2 Å². The zero-order valence-corrected chi connectivity index (χ0v) is 20.4. The third kappa shape index (κ3) is 6.21. The van der Waals surface area contributed by atoms with Crippen LogP contribution in [0.4, 0.5) is 5.69 Å². The van der Waals surface area contributed by atoms with Gasteiger partial charge in [0.25, 0.3) is 20.2 Å². The van der Waals surface area contributed by atoms with E-state index in [1.165, 1.54) is 24.4 Å². The Morgan fingerprint density at radius 3 is 1.58 bits per heavy atom. The summed E-state index contributed by atoms with van der Waals surface area (Å²) in [7, 11) is -8.66. The second-order valence-corrected chi connectivity index (χ2v) is 10.6. The van der Waals surface area contributed by atoms with E-state index >= 15 is 0 Å². The van der Waals surface area contributed by atoms with Crippen LogP contribution in [0.2, 0.25) is 0 Å². The Labute approximate surface area is 209 Å². The maximum absolute atomic E-state index is 11.5. The number of rotatable bonds is 7. The van der Waals surface area contributed by atoms with Crippen molar-refractivity contribution in [2.24, 2.45) is 4.99 Å². The number of benzene rings is 4. The predicted molar refractivity (Wildman–Crippen MR) is 141 cm³/mol. The van der Waals surface area contributed by atoms with E-state index in [2.05, 4.69) is 4.99 Å². The summed E-state index contributed by atoms with van der Waals surface area (Å²) in [6.07, 6.45) is 4.78. The minimum Gasteiger partial charge on any atom is -0.282 e. The summed E-state index contributed by atoms with van der Waals surface area (Å²) in [6.45, 7) is 0. The molecule has 2 N–H and O–H groups in total. The fourth-order valence-corrected chi connectivity index (χ4v) is 4.89. The zero-order chi connectivity index (χ0) is 25.8. The standard InChI is InChI=1S/C27H21NO6S2/c29-35(30,31)26-7-3-1-5-23(26)14-11-20-9-12-21(13-10-20)22-15-17-25(18-16-22)28-19-24-6-2-4-8-27(24)36(32,33)34/h1-19H,(H,29,30,31)(H,32,33,34)/b14-11+,28-19?. The van der Waals surface area contributed by atoms with Crippen molar-refractivity contribution in [3.05, 3.63) is 114 Å². The van der Waals surface area contributed by atoms with Gasteiger partial charge in [-0.15, -0.1) is 0 Å². The lowest BCUT2D eigenvalue weighted by atomic mass is 10.0. The van der Waals surface area contributed by atoms with Crippen LogP contribution in [-0.2, 0) is 20.2 Å². The van der Waals surface area contributed by atoms with Gasteiger partial charge in [0.1, 0.15) is 9.79 Å². The molecule has 36 heavy (non-hydrogen) atoms. The molecule has 0 aliphatic heterocycles. The lowest BCUT2D eigenvalue weighted by molar-refractivity contribution is 0.480. The van der Waals surface area contributed by atoms with Crippen LogP contribution in [0.25, 0.3) is 23.3 Å². The van der Waals surface area contributed by atoms with Crippen LogP contribution in [0.3, 0.4) is 0 Å². The Bertz CT molecular complexity index is 1530. The van der Waals surface area contributed by atoms with Crippen LogP contribution >= 0.6 is 0 Å². The smallest absolute Gasteiger partial charge is 0.282 e. The normalized spacial score (nSPS) is 12.4. The van der Waals surface area contributed by atoms with Crippen molar-refractivity contribution in [3.63, 3.8) is 0 Å². The molecule has 0 aromatic heterocycles. The van der Waals surface area contributed by atoms with Gasteiger partial charge >= 0.3 is 0 Å². The SMILES string of the molecule is O=S(=O)(O)c1ccccc1C=Nc1ccc(-c2ccc(/C=C/c3ccccc3S(=O)(=O)O)cc2)cc1. The van der Waals surface area contributed by atoms with Crippen molar-refractivity contribution in [3.8, 4) is 11.1 Å². The monoisotopic (exact) mass is 519 g/mol. The molecule has 0 bridgehead atoms. The number of hydrogen-bond donors (Lipinski definition) is 2. The first-order valence-electron chi connectivity index (χ1n) is 10.7. The summed E-state index contributed by atoms with van der Waals surface area (Å²) in [5.74, 6) is 0. The molecule has 0 aliphatic rings. The molecule has 0 fully saturated rings. The van der Waals surface area contributed by atoms with E-state index in [1.807, 2.05) is 36.4 Å². The lowest BCUT2D eigenvalue weighted by Gasteiger charge is -2.04. The van der Waals surface area contributed by atoms with Gasteiger partial charge in [-0.2, -0.15) is 16.8 Å². The Morgan fingerprint density at radius 2 is 1.03 bits per heavy atom. The average molecular weight is 520 g/mol. The molecule has 0 heterocycles. The van der Waals surface area contributed by atoms with Gasteiger partial charge in [0, 0.05) is 11.8 Å². The van der Waals surface area contributed by atoms with E-state index in [-0.39, 0.29) is 15.4 Å². The molecule has 4 aromatic carbocycles. The molecular weight excluding hydrogens is 498 g/mol. The topological polar surface area (TPSA) is 121 Å². The molecule has 0 saturated carbocycles. The van der Waals surface area contributed by atoms with E-state index < -0.39 is 20.2 Å². The number of hydrogen-bond acceptors (Lipinski definition) is 5. The highest BCUT2D eigenvalue weighted by atomic mass is 32.2. The second-order valence-electron chi connectivity index (χ2n) is 7.79. The van der Waals surface area contributed by atoms with Gasteiger partial charge in [-0.3, -0.25) is 14.1 Å². The molecule has 7 nitrogen and oxygen atoms in total. The Morgan fingerprint density at radius 1 is 0.556 bits per heavy atom. The van der Waals surface area contributed by atoms with E-state index in [4.69, 9.17) is 0 Å². The zero-order valence-electron chi connectivity index (χ0n) is 18.8. The summed E-state index contributed by atoms with van der Waals surface area (Å²) in [5.41, 5.74) is 4.03. The summed E-state index contributed by atoms with van der Waals surface area (Å²) in [5, 5.41) is 0. The van der Waals surface area contributed by atoms with Crippen molar-refractivity contribution in [1.29, 1.82) is 0 Å². The molecule has 4 rings (SSSR count). The molecule has 0 aliphatic carbocycles. The van der Waals surface area contributed by atoms with Crippen LogP contribution in [0.15, 0.2) is 112 Å². The van der Waals surface area contributed by atoms with E-state index in [9.17, 15) is 25.9 Å². The molecule has 0 radical (unpaired) electrons. The molecule has 0 amide bonds. The first-order chi connectivity index (χ1) is 17.1. The van der Waals surface area contributed by atoms with Crippen LogP contribution in [0.5, 0.6) is 0 Å². The van der Waals surface area contributed by atoms with Crippen molar-refractivity contribution in [2.45, 2.75) is 9.79 Å². The minimum atomic E-state index is -4.35. The molecule has 0 saturated heterocycles. The van der Waals surface area contributed by atoms with Crippen molar-refractivity contribution < 1.29 is 25.9 Å². The Kier molecular flexibility index (Phi) is 7.27. The van der Waals surface area contributed by atoms with Gasteiger partial charge in [0.2, 0.25) is 0 Å². The highest BCUT2D eigenvalue weighted by Crippen LogP contribution is 2.24. The van der Waals surface area contributed by atoms with Gasteiger partial charge in [0.05, 0.1) is 5.69 Å². The maximum Gasteiger partial charge on any atom is 0.295 e. The molecule has 182 valence electrons. The molecule has 0 spiro atoms. The predicted octanol–water partition coefficient (Wildman–Crippen LogP) is 5.77. The van der Waals surface area contributed by atoms with Crippen molar-refractivity contribution >= 4 is 44.3 Å². The Balaban J connectivity index is 1.49. The van der Waals surface area contributed by atoms with Gasteiger partial charge in [-0.05, 0) is 46.5 Å². The third-order valence-electron chi connectivity index (χ3n) is 5.31. The Hall–Kier alpha value is -3.89. The van der Waals surface area contributed by atoms with Gasteiger partial charge in [0.15, 0.2) is 0 Å². The van der Waals surface area contributed by atoms with Crippen LogP contribution in [0.1, 0.15) is 16.7 Å². The van der Waals surface area contributed by atoms with Crippen LogP contribution < -0.4 is 0 Å². The minimum absolute atomic E-state index is 0.151. The number of aliphatic imine (C=N–C) groups is 1. The molecule has 9 heteroatoms. The van der Waals surface area contributed by atoms with Crippen molar-refractivity contribution in [1.82, 2.24) is 0 Å². The molecule has 0 unspecified atom stereocenters.